The number of furan rings is 1. The molecule has 160 valence electrons. The van der Waals surface area contributed by atoms with Crippen molar-refractivity contribution in [2.24, 2.45) is 10.7 Å². The minimum atomic E-state index is -0.508. The number of primary amides is 1. The van der Waals surface area contributed by atoms with Gasteiger partial charge in [-0.3, -0.25) is 4.79 Å². The predicted molar refractivity (Wildman–Crippen MR) is 129 cm³/mol. The molecule has 1 atom stereocenters. The number of hydrogen-bond donors (Lipinski definition) is 3. The molecule has 7 nitrogen and oxygen atoms in total. The van der Waals surface area contributed by atoms with Crippen molar-refractivity contribution in [1.82, 2.24) is 10.6 Å². The van der Waals surface area contributed by atoms with E-state index in [1.807, 2.05) is 62.4 Å². The summed E-state index contributed by atoms with van der Waals surface area (Å²) in [6.45, 7) is 5.09. The SMILES string of the molecule is CCNC(=NCc1cccc(OCC(N)=O)c1)NC(C)c1cc2ccccc2o1.I. The van der Waals surface area contributed by atoms with E-state index in [0.717, 1.165) is 28.8 Å². The van der Waals surface area contributed by atoms with Crippen LogP contribution in [0.4, 0.5) is 0 Å². The van der Waals surface area contributed by atoms with Gasteiger partial charge in [0.15, 0.2) is 12.6 Å². The number of carbonyl (C=O) groups is 1. The van der Waals surface area contributed by atoms with Crippen molar-refractivity contribution >= 4 is 46.8 Å². The Hall–Kier alpha value is -2.75. The number of nitrogens with zero attached hydrogens (tertiary/aromatic N) is 1. The number of fused-ring (bicyclic) bond motifs is 1. The molecule has 2 aromatic carbocycles. The Balaban J connectivity index is 0.00000320. The minimum Gasteiger partial charge on any atom is -0.484 e. The lowest BCUT2D eigenvalue weighted by Gasteiger charge is -2.16. The highest BCUT2D eigenvalue weighted by Gasteiger charge is 2.13. The molecule has 30 heavy (non-hydrogen) atoms. The molecule has 1 unspecified atom stereocenters. The number of hydrogen-bond acceptors (Lipinski definition) is 4. The maximum absolute atomic E-state index is 10.9. The van der Waals surface area contributed by atoms with Crippen LogP contribution in [-0.4, -0.2) is 25.0 Å². The molecule has 0 radical (unpaired) electrons. The Kier molecular flexibility index (Phi) is 8.97. The minimum absolute atomic E-state index is 0. The number of carbonyl (C=O) groups excluding carboxylic acids is 1. The molecular weight excluding hydrogens is 495 g/mol. The molecule has 1 aromatic heterocycles. The van der Waals surface area contributed by atoms with Crippen LogP contribution in [0.1, 0.15) is 31.2 Å². The van der Waals surface area contributed by atoms with E-state index in [9.17, 15) is 4.79 Å². The fraction of sp³-hybridized carbons (Fsp3) is 0.273. The van der Waals surface area contributed by atoms with Crippen LogP contribution in [0, 0.1) is 0 Å². The molecule has 0 aliphatic carbocycles. The number of amides is 1. The van der Waals surface area contributed by atoms with Crippen molar-refractivity contribution in [2.45, 2.75) is 26.4 Å². The third-order valence-corrected chi connectivity index (χ3v) is 4.27. The number of halogens is 1. The normalized spacial score (nSPS) is 12.1. The van der Waals surface area contributed by atoms with E-state index < -0.39 is 5.91 Å². The average molecular weight is 522 g/mol. The molecule has 0 spiro atoms. The highest BCUT2D eigenvalue weighted by molar-refractivity contribution is 14.0. The summed E-state index contributed by atoms with van der Waals surface area (Å²) in [5.41, 5.74) is 6.94. The van der Waals surface area contributed by atoms with Gasteiger partial charge in [0.2, 0.25) is 0 Å². The van der Waals surface area contributed by atoms with E-state index in [-0.39, 0.29) is 36.6 Å². The van der Waals surface area contributed by atoms with Gasteiger partial charge in [0, 0.05) is 11.9 Å². The Morgan fingerprint density at radius 2 is 2.00 bits per heavy atom. The summed E-state index contributed by atoms with van der Waals surface area (Å²) in [6.07, 6.45) is 0. The molecule has 0 saturated carbocycles. The number of guanidine groups is 1. The summed E-state index contributed by atoms with van der Waals surface area (Å²) in [4.78, 5) is 15.5. The highest BCUT2D eigenvalue weighted by Crippen LogP contribution is 2.23. The van der Waals surface area contributed by atoms with Crippen LogP contribution < -0.4 is 21.1 Å². The molecule has 1 amide bonds. The van der Waals surface area contributed by atoms with Gasteiger partial charge in [-0.1, -0.05) is 30.3 Å². The monoisotopic (exact) mass is 522 g/mol. The molecule has 0 aliphatic heterocycles. The standard InChI is InChI=1S/C22H26N4O3.HI/c1-3-24-22(25-13-16-7-6-9-18(11-16)28-14-21(23)27)26-15(2)20-12-17-8-4-5-10-19(17)29-20;/h4-12,15H,3,13-14H2,1-2H3,(H2,23,27)(H2,24,25,26);1H. The van der Waals surface area contributed by atoms with E-state index in [1.54, 1.807) is 6.07 Å². The zero-order valence-electron chi connectivity index (χ0n) is 17.1. The fourth-order valence-corrected chi connectivity index (χ4v) is 2.87. The summed E-state index contributed by atoms with van der Waals surface area (Å²) < 4.78 is 11.3. The number of aliphatic imine (C=N–C) groups is 1. The third kappa shape index (κ3) is 6.65. The molecule has 3 rings (SSSR count). The largest absolute Gasteiger partial charge is 0.484 e. The quantitative estimate of drug-likeness (QED) is 0.238. The van der Waals surface area contributed by atoms with Crippen LogP contribution >= 0.6 is 24.0 Å². The lowest BCUT2D eigenvalue weighted by molar-refractivity contribution is -0.119. The Morgan fingerprint density at radius 3 is 2.73 bits per heavy atom. The number of ether oxygens (including phenoxy) is 1. The van der Waals surface area contributed by atoms with Crippen LogP contribution in [0.2, 0.25) is 0 Å². The van der Waals surface area contributed by atoms with Crippen molar-refractivity contribution in [3.8, 4) is 5.75 Å². The van der Waals surface area contributed by atoms with Gasteiger partial charge in [-0.15, -0.1) is 24.0 Å². The summed E-state index contributed by atoms with van der Waals surface area (Å²) in [7, 11) is 0. The second kappa shape index (κ2) is 11.4. The molecule has 0 saturated heterocycles. The van der Waals surface area contributed by atoms with Gasteiger partial charge < -0.3 is 25.5 Å². The summed E-state index contributed by atoms with van der Waals surface area (Å²) in [5.74, 6) is 1.61. The maximum Gasteiger partial charge on any atom is 0.255 e. The van der Waals surface area contributed by atoms with Crippen LogP contribution in [0.3, 0.4) is 0 Å². The smallest absolute Gasteiger partial charge is 0.255 e. The topological polar surface area (TPSA) is 102 Å². The Bertz CT molecular complexity index is 970. The molecule has 1 heterocycles. The fourth-order valence-electron chi connectivity index (χ4n) is 2.87. The summed E-state index contributed by atoms with van der Waals surface area (Å²) >= 11 is 0. The maximum atomic E-state index is 10.9. The lowest BCUT2D eigenvalue weighted by atomic mass is 10.2. The van der Waals surface area contributed by atoms with Gasteiger partial charge in [-0.25, -0.2) is 4.99 Å². The van der Waals surface area contributed by atoms with E-state index in [2.05, 4.69) is 15.6 Å². The van der Waals surface area contributed by atoms with Gasteiger partial charge >= 0.3 is 0 Å². The summed E-state index contributed by atoms with van der Waals surface area (Å²) in [6, 6.07) is 17.4. The number of nitrogens with one attached hydrogen (secondary N) is 2. The predicted octanol–water partition coefficient (Wildman–Crippen LogP) is 3.73. The first-order chi connectivity index (χ1) is 14.0. The van der Waals surface area contributed by atoms with E-state index in [4.69, 9.17) is 14.9 Å². The van der Waals surface area contributed by atoms with Crippen LogP contribution in [-0.2, 0) is 11.3 Å². The van der Waals surface area contributed by atoms with Crippen LogP contribution in [0.5, 0.6) is 5.75 Å². The van der Waals surface area contributed by atoms with Gasteiger partial charge in [0.1, 0.15) is 17.1 Å². The molecule has 0 aliphatic rings. The van der Waals surface area contributed by atoms with Gasteiger partial charge in [0.05, 0.1) is 12.6 Å². The Morgan fingerprint density at radius 1 is 1.20 bits per heavy atom. The van der Waals surface area contributed by atoms with Crippen molar-refractivity contribution in [1.29, 1.82) is 0 Å². The number of nitrogens with two attached hydrogens (primary N) is 1. The Labute approximate surface area is 193 Å². The van der Waals surface area contributed by atoms with E-state index in [0.29, 0.717) is 18.3 Å². The van der Waals surface area contributed by atoms with Crippen molar-refractivity contribution in [3.63, 3.8) is 0 Å². The van der Waals surface area contributed by atoms with E-state index >= 15 is 0 Å². The molecular formula is C22H27IN4O3. The highest BCUT2D eigenvalue weighted by atomic mass is 127. The second-order valence-corrected chi connectivity index (χ2v) is 6.65. The molecule has 0 fully saturated rings. The second-order valence-electron chi connectivity index (χ2n) is 6.65. The van der Waals surface area contributed by atoms with Crippen LogP contribution in [0.15, 0.2) is 64.0 Å². The molecule has 3 aromatic rings. The zero-order valence-corrected chi connectivity index (χ0v) is 19.4. The number of benzene rings is 2. The van der Waals surface area contributed by atoms with Gasteiger partial charge in [0.25, 0.3) is 5.91 Å². The molecule has 8 heteroatoms. The van der Waals surface area contributed by atoms with Crippen molar-refractivity contribution in [3.05, 3.63) is 65.9 Å². The number of para-hydroxylation sites is 1. The summed E-state index contributed by atoms with van der Waals surface area (Å²) in [5, 5.41) is 7.69. The first-order valence-electron chi connectivity index (χ1n) is 9.58. The van der Waals surface area contributed by atoms with Crippen molar-refractivity contribution < 1.29 is 13.9 Å². The number of rotatable bonds is 8. The third-order valence-electron chi connectivity index (χ3n) is 4.27. The van der Waals surface area contributed by atoms with Gasteiger partial charge in [-0.05, 0) is 43.7 Å². The zero-order chi connectivity index (χ0) is 20.6. The van der Waals surface area contributed by atoms with E-state index in [1.165, 1.54) is 0 Å². The molecule has 4 N–H and O–H groups in total. The van der Waals surface area contributed by atoms with Crippen LogP contribution in [0.25, 0.3) is 11.0 Å². The van der Waals surface area contributed by atoms with Gasteiger partial charge in [-0.2, -0.15) is 0 Å². The lowest BCUT2D eigenvalue weighted by Crippen LogP contribution is -2.38. The molecule has 0 bridgehead atoms. The first-order valence-corrected chi connectivity index (χ1v) is 9.58. The average Bonchev–Trinajstić information content (AvgIpc) is 3.15. The first kappa shape index (κ1) is 23.5. The van der Waals surface area contributed by atoms with Crippen molar-refractivity contribution in [2.75, 3.05) is 13.2 Å².